The van der Waals surface area contributed by atoms with Gasteiger partial charge in [-0.3, -0.25) is 14.4 Å². The summed E-state index contributed by atoms with van der Waals surface area (Å²) in [5.74, 6) is -1.95. The minimum atomic E-state index is -0.875. The molecule has 2 aliphatic heterocycles. The van der Waals surface area contributed by atoms with Gasteiger partial charge in [-0.05, 0) is 43.0 Å². The van der Waals surface area contributed by atoms with Crippen molar-refractivity contribution in [3.63, 3.8) is 0 Å². The van der Waals surface area contributed by atoms with Crippen molar-refractivity contribution in [2.45, 2.75) is 32.1 Å². The van der Waals surface area contributed by atoms with Gasteiger partial charge < -0.3 is 14.9 Å². The predicted molar refractivity (Wildman–Crippen MR) is 88.6 cm³/mol. The Hall–Kier alpha value is -2.44. The number of carbonyl (C=O) groups is 3. The van der Waals surface area contributed by atoms with Crippen molar-refractivity contribution in [3.8, 4) is 0 Å². The van der Waals surface area contributed by atoms with Crippen molar-refractivity contribution in [2.75, 3.05) is 24.5 Å². The van der Waals surface area contributed by atoms with E-state index in [1.807, 2.05) is 0 Å². The Morgan fingerprint density at radius 3 is 2.84 bits per heavy atom. The van der Waals surface area contributed by atoms with Gasteiger partial charge in [-0.15, -0.1) is 0 Å². The first-order valence-corrected chi connectivity index (χ1v) is 8.55. The van der Waals surface area contributed by atoms with Gasteiger partial charge in [0.15, 0.2) is 0 Å². The summed E-state index contributed by atoms with van der Waals surface area (Å²) in [5, 5.41) is 9.12. The summed E-state index contributed by atoms with van der Waals surface area (Å²) in [4.78, 5) is 38.8. The third kappa shape index (κ3) is 3.81. The third-order valence-electron chi connectivity index (χ3n) is 4.91. The van der Waals surface area contributed by atoms with Crippen molar-refractivity contribution in [1.29, 1.82) is 0 Å². The van der Waals surface area contributed by atoms with E-state index >= 15 is 0 Å². The number of aryl methyl sites for hydroxylation is 1. The molecule has 2 aliphatic rings. The van der Waals surface area contributed by atoms with E-state index in [9.17, 15) is 18.8 Å². The van der Waals surface area contributed by atoms with Gasteiger partial charge in [-0.2, -0.15) is 0 Å². The average molecular weight is 348 g/mol. The van der Waals surface area contributed by atoms with Crippen LogP contribution in [0.15, 0.2) is 18.2 Å². The van der Waals surface area contributed by atoms with Crippen LogP contribution in [0.1, 0.15) is 31.2 Å². The zero-order valence-electron chi connectivity index (χ0n) is 13.9. The number of fused-ring (bicyclic) bond motifs is 1. The van der Waals surface area contributed by atoms with Crippen molar-refractivity contribution in [2.24, 2.45) is 5.92 Å². The van der Waals surface area contributed by atoms with E-state index in [-0.39, 0.29) is 37.1 Å². The lowest BCUT2D eigenvalue weighted by atomic mass is 9.98. The summed E-state index contributed by atoms with van der Waals surface area (Å²) in [5.41, 5.74) is 1.43. The Kier molecular flexibility index (Phi) is 5.01. The SMILES string of the molecule is O=C(O)[C@H]1CCCN(C(=O)CCN2C(=O)CCc3cc(F)ccc32)C1. The van der Waals surface area contributed by atoms with E-state index in [1.54, 1.807) is 11.0 Å². The van der Waals surface area contributed by atoms with Crippen LogP contribution in [-0.2, 0) is 20.8 Å². The molecule has 2 heterocycles. The van der Waals surface area contributed by atoms with Crippen LogP contribution in [0.4, 0.5) is 10.1 Å². The number of halogens is 1. The molecule has 1 aromatic rings. The average Bonchev–Trinajstić information content (AvgIpc) is 2.60. The van der Waals surface area contributed by atoms with Crippen LogP contribution in [0.3, 0.4) is 0 Å². The molecule has 1 atom stereocenters. The van der Waals surface area contributed by atoms with Crippen LogP contribution < -0.4 is 4.90 Å². The van der Waals surface area contributed by atoms with Crippen LogP contribution in [-0.4, -0.2) is 47.4 Å². The normalized spacial score (nSPS) is 20.4. The van der Waals surface area contributed by atoms with E-state index in [2.05, 4.69) is 0 Å². The van der Waals surface area contributed by atoms with Gasteiger partial charge >= 0.3 is 5.97 Å². The van der Waals surface area contributed by atoms with Crippen molar-refractivity contribution in [1.82, 2.24) is 4.90 Å². The summed E-state index contributed by atoms with van der Waals surface area (Å²) in [6.45, 7) is 1.01. The first-order valence-electron chi connectivity index (χ1n) is 8.55. The standard InChI is InChI=1S/C18H21FN2O4/c19-14-4-5-15-12(10-14)3-6-17(23)21(15)9-7-16(22)20-8-1-2-13(11-20)18(24)25/h4-5,10,13H,1-3,6-9,11H2,(H,24,25)/t13-/m0/s1. The molecule has 0 bridgehead atoms. The molecular weight excluding hydrogens is 327 g/mol. The molecular formula is C18H21FN2O4. The zero-order chi connectivity index (χ0) is 18.0. The van der Waals surface area contributed by atoms with Crippen LogP contribution in [0.2, 0.25) is 0 Å². The molecule has 0 saturated carbocycles. The number of nitrogens with zero attached hydrogens (tertiary/aromatic N) is 2. The number of rotatable bonds is 4. The summed E-state index contributed by atoms with van der Waals surface area (Å²) < 4.78 is 13.4. The maximum atomic E-state index is 13.4. The Labute approximate surface area is 145 Å². The number of carboxylic acid groups (broad SMARTS) is 1. The summed E-state index contributed by atoms with van der Waals surface area (Å²) in [7, 11) is 0. The number of carbonyl (C=O) groups excluding carboxylic acids is 2. The van der Waals surface area contributed by atoms with Crippen LogP contribution in [0, 0.1) is 11.7 Å². The van der Waals surface area contributed by atoms with Gasteiger partial charge in [0.05, 0.1) is 5.92 Å². The molecule has 6 nitrogen and oxygen atoms in total. The Balaban J connectivity index is 1.64. The van der Waals surface area contributed by atoms with Gasteiger partial charge in [-0.25, -0.2) is 4.39 Å². The molecule has 134 valence electrons. The molecule has 0 radical (unpaired) electrons. The summed E-state index contributed by atoms with van der Waals surface area (Å²) in [6, 6.07) is 4.32. The van der Waals surface area contributed by atoms with Crippen LogP contribution >= 0.6 is 0 Å². The molecule has 0 aliphatic carbocycles. The smallest absolute Gasteiger partial charge is 0.308 e. The highest BCUT2D eigenvalue weighted by Crippen LogP contribution is 2.28. The lowest BCUT2D eigenvalue weighted by Crippen LogP contribution is -2.44. The molecule has 0 spiro atoms. The Bertz CT molecular complexity index is 706. The lowest BCUT2D eigenvalue weighted by Gasteiger charge is -2.33. The van der Waals surface area contributed by atoms with E-state index in [1.165, 1.54) is 17.0 Å². The van der Waals surface area contributed by atoms with Gasteiger partial charge in [-0.1, -0.05) is 0 Å². The highest BCUT2D eigenvalue weighted by Gasteiger charge is 2.29. The van der Waals surface area contributed by atoms with Crippen LogP contribution in [0.5, 0.6) is 0 Å². The second-order valence-electron chi connectivity index (χ2n) is 6.59. The van der Waals surface area contributed by atoms with E-state index in [0.29, 0.717) is 37.9 Å². The highest BCUT2D eigenvalue weighted by molar-refractivity contribution is 5.97. The van der Waals surface area contributed by atoms with E-state index < -0.39 is 11.9 Å². The van der Waals surface area contributed by atoms with Crippen LogP contribution in [0.25, 0.3) is 0 Å². The van der Waals surface area contributed by atoms with E-state index in [4.69, 9.17) is 5.11 Å². The minimum absolute atomic E-state index is 0.0750. The van der Waals surface area contributed by atoms with Crippen molar-refractivity contribution < 1.29 is 23.9 Å². The van der Waals surface area contributed by atoms with Gasteiger partial charge in [0.2, 0.25) is 11.8 Å². The Morgan fingerprint density at radius 1 is 1.28 bits per heavy atom. The topological polar surface area (TPSA) is 77.9 Å². The number of anilines is 1. The second-order valence-corrected chi connectivity index (χ2v) is 6.59. The molecule has 0 unspecified atom stereocenters. The first-order chi connectivity index (χ1) is 12.0. The number of hydrogen-bond donors (Lipinski definition) is 1. The number of aliphatic carboxylic acids is 1. The number of carboxylic acids is 1. The minimum Gasteiger partial charge on any atom is -0.481 e. The quantitative estimate of drug-likeness (QED) is 0.900. The Morgan fingerprint density at radius 2 is 2.08 bits per heavy atom. The van der Waals surface area contributed by atoms with E-state index in [0.717, 1.165) is 5.56 Å². The largest absolute Gasteiger partial charge is 0.481 e. The molecule has 1 aromatic carbocycles. The fourth-order valence-electron chi connectivity index (χ4n) is 3.54. The van der Waals surface area contributed by atoms with Crippen molar-refractivity contribution >= 4 is 23.5 Å². The third-order valence-corrected chi connectivity index (χ3v) is 4.91. The number of hydrogen-bond acceptors (Lipinski definition) is 3. The molecule has 2 amide bonds. The highest BCUT2D eigenvalue weighted by atomic mass is 19.1. The predicted octanol–water partition coefficient (Wildman–Crippen LogP) is 1.82. The second kappa shape index (κ2) is 7.21. The fourth-order valence-corrected chi connectivity index (χ4v) is 3.54. The number of piperidine rings is 1. The number of likely N-dealkylation sites (tertiary alicyclic amines) is 1. The monoisotopic (exact) mass is 348 g/mol. The molecule has 1 N–H and O–H groups in total. The molecule has 1 fully saturated rings. The fraction of sp³-hybridized carbons (Fsp3) is 0.500. The first kappa shape index (κ1) is 17.4. The lowest BCUT2D eigenvalue weighted by molar-refractivity contribution is -0.145. The number of benzene rings is 1. The summed E-state index contributed by atoms with van der Waals surface area (Å²) in [6.07, 6.45) is 2.20. The molecule has 25 heavy (non-hydrogen) atoms. The van der Waals surface area contributed by atoms with Crippen molar-refractivity contribution in [3.05, 3.63) is 29.6 Å². The maximum absolute atomic E-state index is 13.4. The molecule has 7 heteroatoms. The van der Waals surface area contributed by atoms with Gasteiger partial charge in [0, 0.05) is 38.2 Å². The maximum Gasteiger partial charge on any atom is 0.308 e. The molecule has 0 aromatic heterocycles. The molecule has 1 saturated heterocycles. The van der Waals surface area contributed by atoms with Gasteiger partial charge in [0.1, 0.15) is 5.82 Å². The number of amides is 2. The van der Waals surface area contributed by atoms with Gasteiger partial charge in [0.25, 0.3) is 0 Å². The summed E-state index contributed by atoms with van der Waals surface area (Å²) >= 11 is 0. The zero-order valence-corrected chi connectivity index (χ0v) is 13.9. The molecule has 3 rings (SSSR count).